The summed E-state index contributed by atoms with van der Waals surface area (Å²) in [6.07, 6.45) is 2.57. The topological polar surface area (TPSA) is 84.8 Å². The zero-order valence-electron chi connectivity index (χ0n) is 11.9. The van der Waals surface area contributed by atoms with Crippen LogP contribution in [0.3, 0.4) is 0 Å². The molecular formula is C15H18N2O4. The smallest absolute Gasteiger partial charge is 0.316 e. The Hall–Kier alpha value is -2.24. The van der Waals surface area contributed by atoms with Gasteiger partial charge < -0.3 is 10.1 Å². The van der Waals surface area contributed by atoms with E-state index in [9.17, 15) is 14.5 Å². The molecule has 0 radical (unpaired) electrons. The molecule has 0 unspecified atom stereocenters. The Bertz CT molecular complexity index is 535. The van der Waals surface area contributed by atoms with Crippen LogP contribution in [0.15, 0.2) is 29.4 Å². The summed E-state index contributed by atoms with van der Waals surface area (Å²) < 4.78 is 5.17. The molecule has 2 rings (SSSR count). The second-order valence-corrected chi connectivity index (χ2v) is 5.07. The number of nitrogens with one attached hydrogen (secondary N) is 1. The quantitative estimate of drug-likeness (QED) is 0.644. The van der Waals surface area contributed by atoms with Crippen molar-refractivity contribution in [2.45, 2.75) is 31.6 Å². The van der Waals surface area contributed by atoms with E-state index < -0.39 is 17.9 Å². The van der Waals surface area contributed by atoms with Crippen molar-refractivity contribution in [1.82, 2.24) is 0 Å². The minimum Gasteiger partial charge on any atom is -0.465 e. The van der Waals surface area contributed by atoms with Crippen molar-refractivity contribution < 1.29 is 14.3 Å². The second-order valence-electron chi connectivity index (χ2n) is 5.07. The predicted octanol–water partition coefficient (Wildman–Crippen LogP) is 2.38. The summed E-state index contributed by atoms with van der Waals surface area (Å²) >= 11 is 0. The van der Waals surface area contributed by atoms with Crippen LogP contribution in [0, 0.1) is 4.91 Å². The SMILES string of the molecule is CCOC(=O)C1(c2ccc(NC(=O)CN=O)cc2)CCC1. The van der Waals surface area contributed by atoms with Crippen molar-refractivity contribution in [1.29, 1.82) is 0 Å². The van der Waals surface area contributed by atoms with Gasteiger partial charge in [0.2, 0.25) is 5.91 Å². The van der Waals surface area contributed by atoms with Gasteiger partial charge in [0, 0.05) is 5.69 Å². The van der Waals surface area contributed by atoms with Gasteiger partial charge in [-0.15, -0.1) is 0 Å². The molecule has 1 fully saturated rings. The van der Waals surface area contributed by atoms with Gasteiger partial charge in [-0.05, 0) is 37.5 Å². The molecule has 0 saturated heterocycles. The van der Waals surface area contributed by atoms with Crippen molar-refractivity contribution >= 4 is 17.6 Å². The second kappa shape index (κ2) is 6.47. The molecule has 1 amide bonds. The number of nitroso groups, excluding NO2 is 1. The zero-order valence-corrected chi connectivity index (χ0v) is 11.9. The average Bonchev–Trinajstić information content (AvgIpc) is 2.40. The molecular weight excluding hydrogens is 272 g/mol. The van der Waals surface area contributed by atoms with E-state index in [2.05, 4.69) is 10.5 Å². The van der Waals surface area contributed by atoms with Gasteiger partial charge in [0.05, 0.1) is 12.0 Å². The summed E-state index contributed by atoms with van der Waals surface area (Å²) in [6, 6.07) is 7.08. The van der Waals surface area contributed by atoms with Gasteiger partial charge in [-0.3, -0.25) is 9.59 Å². The van der Waals surface area contributed by atoms with E-state index in [1.807, 2.05) is 12.1 Å². The van der Waals surface area contributed by atoms with E-state index in [-0.39, 0.29) is 5.97 Å². The molecule has 0 aromatic heterocycles. The number of esters is 1. The van der Waals surface area contributed by atoms with E-state index in [0.29, 0.717) is 12.3 Å². The fraction of sp³-hybridized carbons (Fsp3) is 0.467. The predicted molar refractivity (Wildman–Crippen MR) is 77.9 cm³/mol. The van der Waals surface area contributed by atoms with Gasteiger partial charge in [-0.25, -0.2) is 0 Å². The third-order valence-corrected chi connectivity index (χ3v) is 3.80. The first-order valence-corrected chi connectivity index (χ1v) is 6.99. The van der Waals surface area contributed by atoms with Crippen LogP contribution >= 0.6 is 0 Å². The standard InChI is InChI=1S/C15H18N2O4/c1-2-21-14(19)15(8-3-9-15)11-4-6-12(7-5-11)17-13(18)10-16-20/h4-7H,2-3,8-10H2,1H3,(H,17,18). The van der Waals surface area contributed by atoms with Crippen molar-refractivity contribution in [2.24, 2.45) is 5.18 Å². The minimum absolute atomic E-state index is 0.182. The van der Waals surface area contributed by atoms with Crippen LogP contribution in [0.2, 0.25) is 0 Å². The fourth-order valence-corrected chi connectivity index (χ4v) is 2.54. The Labute approximate surface area is 122 Å². The molecule has 1 aromatic rings. The number of hydrogen-bond acceptors (Lipinski definition) is 5. The number of hydrogen-bond donors (Lipinski definition) is 1. The van der Waals surface area contributed by atoms with Crippen molar-refractivity contribution in [3.63, 3.8) is 0 Å². The molecule has 0 atom stereocenters. The maximum absolute atomic E-state index is 12.2. The summed E-state index contributed by atoms with van der Waals surface area (Å²) in [6.45, 7) is 1.76. The highest BCUT2D eigenvalue weighted by atomic mass is 16.5. The van der Waals surface area contributed by atoms with Crippen LogP contribution in [-0.2, 0) is 19.7 Å². The van der Waals surface area contributed by atoms with Crippen LogP contribution in [-0.4, -0.2) is 25.0 Å². The number of carbonyl (C=O) groups is 2. The Balaban J connectivity index is 2.12. The first-order chi connectivity index (χ1) is 10.1. The Morgan fingerprint density at radius 1 is 1.29 bits per heavy atom. The number of anilines is 1. The van der Waals surface area contributed by atoms with E-state index in [0.717, 1.165) is 24.8 Å². The van der Waals surface area contributed by atoms with Crippen LogP contribution < -0.4 is 5.32 Å². The minimum atomic E-state index is -0.539. The van der Waals surface area contributed by atoms with E-state index in [1.54, 1.807) is 19.1 Å². The summed E-state index contributed by atoms with van der Waals surface area (Å²) in [5.74, 6) is -0.639. The zero-order chi connectivity index (χ0) is 15.3. The molecule has 1 aromatic carbocycles. The number of nitrogens with zero attached hydrogens (tertiary/aromatic N) is 1. The lowest BCUT2D eigenvalue weighted by Gasteiger charge is -2.39. The maximum atomic E-state index is 12.2. The van der Waals surface area contributed by atoms with Crippen molar-refractivity contribution in [2.75, 3.05) is 18.5 Å². The number of amides is 1. The van der Waals surface area contributed by atoms with E-state index in [1.165, 1.54) is 0 Å². The van der Waals surface area contributed by atoms with Crippen LogP contribution in [0.1, 0.15) is 31.7 Å². The molecule has 0 spiro atoms. The summed E-state index contributed by atoms with van der Waals surface area (Å²) in [4.78, 5) is 33.4. The molecule has 6 nitrogen and oxygen atoms in total. The third-order valence-electron chi connectivity index (χ3n) is 3.80. The Kier molecular flexibility index (Phi) is 4.67. The van der Waals surface area contributed by atoms with Crippen LogP contribution in [0.5, 0.6) is 0 Å². The molecule has 0 heterocycles. The van der Waals surface area contributed by atoms with Crippen molar-refractivity contribution in [3.8, 4) is 0 Å². The number of ether oxygens (including phenoxy) is 1. The molecule has 112 valence electrons. The number of benzene rings is 1. The third kappa shape index (κ3) is 3.09. The van der Waals surface area contributed by atoms with Gasteiger partial charge in [-0.2, -0.15) is 4.91 Å². The monoisotopic (exact) mass is 290 g/mol. The molecule has 1 N–H and O–H groups in total. The van der Waals surface area contributed by atoms with Crippen molar-refractivity contribution in [3.05, 3.63) is 34.7 Å². The normalized spacial score (nSPS) is 15.7. The molecule has 0 aliphatic heterocycles. The molecule has 1 aliphatic rings. The highest BCUT2D eigenvalue weighted by Gasteiger charge is 2.46. The van der Waals surface area contributed by atoms with Gasteiger partial charge in [-0.1, -0.05) is 23.7 Å². The highest BCUT2D eigenvalue weighted by Crippen LogP contribution is 2.45. The molecule has 1 aliphatic carbocycles. The summed E-state index contributed by atoms with van der Waals surface area (Å²) in [5.41, 5.74) is 0.938. The largest absolute Gasteiger partial charge is 0.465 e. The summed E-state index contributed by atoms with van der Waals surface area (Å²) in [7, 11) is 0. The number of rotatable bonds is 6. The Morgan fingerprint density at radius 3 is 2.43 bits per heavy atom. The van der Waals surface area contributed by atoms with Gasteiger partial charge in [0.25, 0.3) is 0 Å². The lowest BCUT2D eigenvalue weighted by atomic mass is 9.64. The highest BCUT2D eigenvalue weighted by molar-refractivity contribution is 5.92. The summed E-state index contributed by atoms with van der Waals surface area (Å²) in [5, 5.41) is 5.09. The van der Waals surface area contributed by atoms with Gasteiger partial charge >= 0.3 is 5.97 Å². The van der Waals surface area contributed by atoms with Crippen LogP contribution in [0.25, 0.3) is 0 Å². The van der Waals surface area contributed by atoms with E-state index >= 15 is 0 Å². The van der Waals surface area contributed by atoms with Gasteiger partial charge in [0.15, 0.2) is 6.54 Å². The lowest BCUT2D eigenvalue weighted by Crippen LogP contribution is -2.43. The molecule has 0 bridgehead atoms. The average molecular weight is 290 g/mol. The molecule has 6 heteroatoms. The first kappa shape index (κ1) is 15.2. The Morgan fingerprint density at radius 2 is 1.95 bits per heavy atom. The fourth-order valence-electron chi connectivity index (χ4n) is 2.54. The van der Waals surface area contributed by atoms with E-state index in [4.69, 9.17) is 4.74 Å². The van der Waals surface area contributed by atoms with Crippen LogP contribution in [0.4, 0.5) is 5.69 Å². The van der Waals surface area contributed by atoms with Gasteiger partial charge in [0.1, 0.15) is 0 Å². The molecule has 21 heavy (non-hydrogen) atoms. The maximum Gasteiger partial charge on any atom is 0.316 e. The first-order valence-electron chi connectivity index (χ1n) is 6.99. The number of carbonyl (C=O) groups excluding carboxylic acids is 2. The lowest BCUT2D eigenvalue weighted by molar-refractivity contribution is -0.153. The molecule has 1 saturated carbocycles.